The summed E-state index contributed by atoms with van der Waals surface area (Å²) < 4.78 is 10.8. The van der Waals surface area contributed by atoms with Crippen LogP contribution in [0.1, 0.15) is 24.0 Å². The fourth-order valence-electron chi connectivity index (χ4n) is 2.59. The quantitative estimate of drug-likeness (QED) is 0.752. The Labute approximate surface area is 132 Å². The summed E-state index contributed by atoms with van der Waals surface area (Å²) in [4.78, 5) is 12.2. The standard InChI is InChI=1S/C17H26N2O3/c1-13-3-4-15(16(11-13)22-10-9-21-2)12-19-17(20)14-5-7-18-8-6-14/h3-4,11,14,18H,5-10,12H2,1-2H3,(H,19,20). The molecule has 1 aromatic rings. The Balaban J connectivity index is 1.91. The van der Waals surface area contributed by atoms with E-state index in [1.54, 1.807) is 7.11 Å². The van der Waals surface area contributed by atoms with Gasteiger partial charge in [0.25, 0.3) is 0 Å². The lowest BCUT2D eigenvalue weighted by molar-refractivity contribution is -0.125. The zero-order valence-electron chi connectivity index (χ0n) is 13.5. The van der Waals surface area contributed by atoms with Crippen molar-refractivity contribution >= 4 is 5.91 Å². The summed E-state index contributed by atoms with van der Waals surface area (Å²) in [6, 6.07) is 6.05. The van der Waals surface area contributed by atoms with Gasteiger partial charge in [-0.2, -0.15) is 0 Å². The summed E-state index contributed by atoms with van der Waals surface area (Å²) in [7, 11) is 1.65. The molecule has 0 bridgehead atoms. The molecule has 2 rings (SSSR count). The third-order valence-electron chi connectivity index (χ3n) is 3.93. The lowest BCUT2D eigenvalue weighted by Gasteiger charge is -2.22. The molecule has 0 aromatic heterocycles. The highest BCUT2D eigenvalue weighted by Gasteiger charge is 2.20. The second kappa shape index (κ2) is 8.76. The summed E-state index contributed by atoms with van der Waals surface area (Å²) in [6.07, 6.45) is 1.83. The Morgan fingerprint density at radius 3 is 2.82 bits per heavy atom. The average molecular weight is 306 g/mol. The van der Waals surface area contributed by atoms with Crippen LogP contribution in [-0.4, -0.2) is 39.3 Å². The molecule has 1 saturated heterocycles. The van der Waals surface area contributed by atoms with Crippen molar-refractivity contribution in [1.82, 2.24) is 10.6 Å². The van der Waals surface area contributed by atoms with Gasteiger partial charge in [0, 0.05) is 25.1 Å². The normalized spacial score (nSPS) is 15.5. The van der Waals surface area contributed by atoms with E-state index in [4.69, 9.17) is 9.47 Å². The lowest BCUT2D eigenvalue weighted by Crippen LogP contribution is -2.37. The highest BCUT2D eigenvalue weighted by molar-refractivity contribution is 5.78. The fourth-order valence-corrected chi connectivity index (χ4v) is 2.59. The maximum atomic E-state index is 12.2. The zero-order valence-corrected chi connectivity index (χ0v) is 13.5. The van der Waals surface area contributed by atoms with Gasteiger partial charge in [-0.1, -0.05) is 12.1 Å². The molecule has 1 amide bonds. The summed E-state index contributed by atoms with van der Waals surface area (Å²) in [5.41, 5.74) is 2.14. The van der Waals surface area contributed by atoms with E-state index in [2.05, 4.69) is 10.6 Å². The van der Waals surface area contributed by atoms with Gasteiger partial charge in [0.15, 0.2) is 0 Å². The number of nitrogens with one attached hydrogen (secondary N) is 2. The maximum Gasteiger partial charge on any atom is 0.223 e. The molecule has 1 fully saturated rings. The van der Waals surface area contributed by atoms with E-state index in [0.29, 0.717) is 19.8 Å². The first-order valence-corrected chi connectivity index (χ1v) is 7.90. The molecule has 0 spiro atoms. The van der Waals surface area contributed by atoms with Crippen LogP contribution in [0.4, 0.5) is 0 Å². The number of benzene rings is 1. The fraction of sp³-hybridized carbons (Fsp3) is 0.588. The highest BCUT2D eigenvalue weighted by atomic mass is 16.5. The lowest BCUT2D eigenvalue weighted by atomic mass is 9.97. The number of piperidine rings is 1. The van der Waals surface area contributed by atoms with Gasteiger partial charge < -0.3 is 20.1 Å². The van der Waals surface area contributed by atoms with E-state index in [0.717, 1.165) is 42.8 Å². The van der Waals surface area contributed by atoms with Crippen molar-refractivity contribution in [2.75, 3.05) is 33.4 Å². The first-order chi connectivity index (χ1) is 10.7. The molecule has 0 aliphatic carbocycles. The molecule has 0 saturated carbocycles. The molecule has 0 radical (unpaired) electrons. The summed E-state index contributed by atoms with van der Waals surface area (Å²) in [5, 5.41) is 6.32. The van der Waals surface area contributed by atoms with E-state index in [9.17, 15) is 4.79 Å². The Hall–Kier alpha value is -1.59. The first-order valence-electron chi connectivity index (χ1n) is 7.90. The van der Waals surface area contributed by atoms with Crippen molar-refractivity contribution in [3.05, 3.63) is 29.3 Å². The van der Waals surface area contributed by atoms with Crippen molar-refractivity contribution < 1.29 is 14.3 Å². The SMILES string of the molecule is COCCOc1cc(C)ccc1CNC(=O)C1CCNCC1. The molecular formula is C17H26N2O3. The minimum absolute atomic E-state index is 0.129. The summed E-state index contributed by atoms with van der Waals surface area (Å²) in [5.74, 6) is 1.09. The van der Waals surface area contributed by atoms with Crippen LogP contribution in [0.15, 0.2) is 18.2 Å². The zero-order chi connectivity index (χ0) is 15.8. The molecule has 1 aromatic carbocycles. The van der Waals surface area contributed by atoms with Crippen molar-refractivity contribution in [2.45, 2.75) is 26.3 Å². The topological polar surface area (TPSA) is 59.6 Å². The van der Waals surface area contributed by atoms with E-state index < -0.39 is 0 Å². The van der Waals surface area contributed by atoms with Gasteiger partial charge in [-0.25, -0.2) is 0 Å². The molecule has 122 valence electrons. The van der Waals surface area contributed by atoms with Crippen molar-refractivity contribution in [3.63, 3.8) is 0 Å². The Bertz CT molecular complexity index is 485. The number of hydrogen-bond acceptors (Lipinski definition) is 4. The van der Waals surface area contributed by atoms with Gasteiger partial charge in [0.05, 0.1) is 6.61 Å². The van der Waals surface area contributed by atoms with Crippen LogP contribution in [0.5, 0.6) is 5.75 Å². The van der Waals surface area contributed by atoms with Crippen LogP contribution in [-0.2, 0) is 16.1 Å². The largest absolute Gasteiger partial charge is 0.491 e. The summed E-state index contributed by atoms with van der Waals surface area (Å²) >= 11 is 0. The third-order valence-corrected chi connectivity index (χ3v) is 3.93. The molecule has 1 aliphatic heterocycles. The van der Waals surface area contributed by atoms with Gasteiger partial charge in [0.1, 0.15) is 12.4 Å². The van der Waals surface area contributed by atoms with Crippen LogP contribution < -0.4 is 15.4 Å². The third kappa shape index (κ3) is 5.00. The van der Waals surface area contributed by atoms with Gasteiger partial charge in [-0.15, -0.1) is 0 Å². The van der Waals surface area contributed by atoms with Crippen molar-refractivity contribution in [1.29, 1.82) is 0 Å². The molecule has 5 heteroatoms. The van der Waals surface area contributed by atoms with Crippen LogP contribution >= 0.6 is 0 Å². The number of rotatable bonds is 7. The van der Waals surface area contributed by atoms with Crippen LogP contribution in [0.3, 0.4) is 0 Å². The smallest absolute Gasteiger partial charge is 0.223 e. The molecule has 1 heterocycles. The summed E-state index contributed by atoms with van der Waals surface area (Å²) in [6.45, 7) is 5.44. The number of carbonyl (C=O) groups excluding carboxylic acids is 1. The van der Waals surface area contributed by atoms with Gasteiger partial charge in [0.2, 0.25) is 5.91 Å². The molecular weight excluding hydrogens is 280 g/mol. The molecule has 5 nitrogen and oxygen atoms in total. The molecule has 0 unspecified atom stereocenters. The van der Waals surface area contributed by atoms with E-state index in [1.165, 1.54) is 0 Å². The second-order valence-electron chi connectivity index (χ2n) is 5.69. The number of hydrogen-bond donors (Lipinski definition) is 2. The molecule has 1 aliphatic rings. The number of aryl methyl sites for hydroxylation is 1. The average Bonchev–Trinajstić information content (AvgIpc) is 2.55. The number of methoxy groups -OCH3 is 1. The van der Waals surface area contributed by atoms with Crippen molar-refractivity contribution in [2.24, 2.45) is 5.92 Å². The Morgan fingerprint density at radius 1 is 1.32 bits per heavy atom. The van der Waals surface area contributed by atoms with Crippen LogP contribution in [0.25, 0.3) is 0 Å². The second-order valence-corrected chi connectivity index (χ2v) is 5.69. The highest BCUT2D eigenvalue weighted by Crippen LogP contribution is 2.21. The minimum Gasteiger partial charge on any atom is -0.491 e. The van der Waals surface area contributed by atoms with Gasteiger partial charge in [-0.05, 0) is 44.5 Å². The monoisotopic (exact) mass is 306 g/mol. The molecule has 2 N–H and O–H groups in total. The predicted molar refractivity (Wildman–Crippen MR) is 86.0 cm³/mol. The number of ether oxygens (including phenoxy) is 2. The van der Waals surface area contributed by atoms with Crippen LogP contribution in [0, 0.1) is 12.8 Å². The van der Waals surface area contributed by atoms with E-state index in [1.807, 2.05) is 25.1 Å². The Morgan fingerprint density at radius 2 is 2.09 bits per heavy atom. The van der Waals surface area contributed by atoms with Crippen LogP contribution in [0.2, 0.25) is 0 Å². The van der Waals surface area contributed by atoms with E-state index in [-0.39, 0.29) is 11.8 Å². The number of carbonyl (C=O) groups is 1. The number of amides is 1. The molecule has 22 heavy (non-hydrogen) atoms. The maximum absolute atomic E-state index is 12.2. The van der Waals surface area contributed by atoms with Gasteiger partial charge >= 0.3 is 0 Å². The van der Waals surface area contributed by atoms with E-state index >= 15 is 0 Å². The van der Waals surface area contributed by atoms with Gasteiger partial charge in [-0.3, -0.25) is 4.79 Å². The first kappa shape index (κ1) is 16.8. The molecule has 0 atom stereocenters. The minimum atomic E-state index is 0.129. The van der Waals surface area contributed by atoms with Crippen molar-refractivity contribution in [3.8, 4) is 5.75 Å². The Kier molecular flexibility index (Phi) is 6.68. The predicted octanol–water partition coefficient (Wildman–Crippen LogP) is 1.64.